The second-order valence-electron chi connectivity index (χ2n) is 8.32. The number of carbonyl (C=O) groups excluding carboxylic acids is 1. The van der Waals surface area contributed by atoms with E-state index >= 15 is 0 Å². The molecule has 8 nitrogen and oxygen atoms in total. The van der Waals surface area contributed by atoms with Gasteiger partial charge in [-0.3, -0.25) is 9.89 Å². The summed E-state index contributed by atoms with van der Waals surface area (Å²) in [6, 6.07) is 0. The molecule has 162 valence electrons. The van der Waals surface area contributed by atoms with Crippen LogP contribution in [0.25, 0.3) is 0 Å². The highest BCUT2D eigenvalue weighted by molar-refractivity contribution is 7.89. The maximum atomic E-state index is 13.1. The van der Waals surface area contributed by atoms with E-state index in [1.165, 1.54) is 4.31 Å². The molecular formula is C18H34ClN5O3S. The summed E-state index contributed by atoms with van der Waals surface area (Å²) in [4.78, 5) is 13.1. The van der Waals surface area contributed by atoms with E-state index in [1.807, 2.05) is 6.92 Å². The number of rotatable bonds is 7. The van der Waals surface area contributed by atoms with E-state index in [0.717, 1.165) is 6.42 Å². The van der Waals surface area contributed by atoms with Crippen LogP contribution < -0.4 is 11.1 Å². The van der Waals surface area contributed by atoms with Crippen LogP contribution in [0.1, 0.15) is 51.4 Å². The van der Waals surface area contributed by atoms with Gasteiger partial charge < -0.3 is 11.1 Å². The van der Waals surface area contributed by atoms with Gasteiger partial charge in [-0.05, 0) is 46.0 Å². The van der Waals surface area contributed by atoms with Gasteiger partial charge in [0.25, 0.3) is 0 Å². The van der Waals surface area contributed by atoms with Crippen LogP contribution >= 0.6 is 12.4 Å². The van der Waals surface area contributed by atoms with Gasteiger partial charge in [0.15, 0.2) is 0 Å². The minimum atomic E-state index is -3.68. The van der Waals surface area contributed by atoms with Crippen molar-refractivity contribution in [3.05, 3.63) is 11.4 Å². The van der Waals surface area contributed by atoms with E-state index in [-0.39, 0.29) is 35.7 Å². The molecule has 0 bridgehead atoms. The van der Waals surface area contributed by atoms with Crippen molar-refractivity contribution in [2.45, 2.75) is 64.3 Å². The fraction of sp³-hybridized carbons (Fsp3) is 0.778. The van der Waals surface area contributed by atoms with Gasteiger partial charge in [0.05, 0.1) is 17.3 Å². The van der Waals surface area contributed by atoms with Crippen LogP contribution in [-0.2, 0) is 14.8 Å². The Kier molecular flexibility index (Phi) is 8.49. The van der Waals surface area contributed by atoms with Crippen molar-refractivity contribution in [3.63, 3.8) is 0 Å². The summed E-state index contributed by atoms with van der Waals surface area (Å²) in [5.41, 5.74) is 6.38. The predicted octanol–water partition coefficient (Wildman–Crippen LogP) is 1.73. The normalized spacial score (nSPS) is 20.5. The van der Waals surface area contributed by atoms with Crippen LogP contribution in [0.15, 0.2) is 4.90 Å². The Bertz CT molecular complexity index is 761. The lowest BCUT2D eigenvalue weighted by atomic mass is 9.89. The van der Waals surface area contributed by atoms with Gasteiger partial charge in [-0.1, -0.05) is 13.8 Å². The molecule has 2 heterocycles. The molecule has 0 aromatic carbocycles. The maximum Gasteiger partial charge on any atom is 0.246 e. The molecule has 4 N–H and O–H groups in total. The number of aromatic nitrogens is 2. The maximum absolute atomic E-state index is 13.1. The molecule has 1 aromatic heterocycles. The molecule has 0 aliphatic carbocycles. The minimum absolute atomic E-state index is 0. The number of sulfonamides is 1. The van der Waals surface area contributed by atoms with Gasteiger partial charge >= 0.3 is 0 Å². The van der Waals surface area contributed by atoms with E-state index in [9.17, 15) is 13.2 Å². The first-order chi connectivity index (χ1) is 12.5. The quantitative estimate of drug-likeness (QED) is 0.602. The van der Waals surface area contributed by atoms with Gasteiger partial charge in [0.1, 0.15) is 4.90 Å². The fourth-order valence-corrected chi connectivity index (χ4v) is 5.77. The van der Waals surface area contributed by atoms with Crippen LogP contribution in [0.4, 0.5) is 0 Å². The van der Waals surface area contributed by atoms with E-state index in [1.54, 1.807) is 13.8 Å². The van der Waals surface area contributed by atoms with Crippen molar-refractivity contribution in [3.8, 4) is 0 Å². The fourth-order valence-electron chi connectivity index (χ4n) is 3.91. The number of hydrogen-bond acceptors (Lipinski definition) is 5. The standard InChI is InChI=1S/C18H33N5O3S.ClH/c1-12(2)9-18(5,11-19)20-17(24)15-7-6-8-23(10-15)27(25,26)16-13(3)21-22-14(16)4;/h12,15H,6-11,19H2,1-5H3,(H,20,24)(H,21,22);1H. The highest BCUT2D eigenvalue weighted by atomic mass is 35.5. The van der Waals surface area contributed by atoms with Gasteiger partial charge in [-0.25, -0.2) is 8.42 Å². The van der Waals surface area contributed by atoms with Crippen molar-refractivity contribution >= 4 is 28.3 Å². The van der Waals surface area contributed by atoms with Crippen LogP contribution in [-0.4, -0.2) is 54.0 Å². The van der Waals surface area contributed by atoms with E-state index in [4.69, 9.17) is 5.73 Å². The first-order valence-electron chi connectivity index (χ1n) is 9.54. The minimum Gasteiger partial charge on any atom is -0.349 e. The Hall–Kier alpha value is -1.16. The van der Waals surface area contributed by atoms with Crippen molar-refractivity contribution < 1.29 is 13.2 Å². The highest BCUT2D eigenvalue weighted by Crippen LogP contribution is 2.27. The number of piperidine rings is 1. The molecule has 0 spiro atoms. The lowest BCUT2D eigenvalue weighted by Crippen LogP contribution is -2.55. The molecule has 1 fully saturated rings. The number of hydrogen-bond donors (Lipinski definition) is 3. The molecule has 0 radical (unpaired) electrons. The molecule has 28 heavy (non-hydrogen) atoms. The summed E-state index contributed by atoms with van der Waals surface area (Å²) < 4.78 is 27.5. The van der Waals surface area contributed by atoms with Gasteiger partial charge in [0, 0.05) is 25.2 Å². The van der Waals surface area contributed by atoms with Gasteiger partial charge in [0.2, 0.25) is 15.9 Å². The third kappa shape index (κ3) is 5.46. The number of halogens is 1. The summed E-state index contributed by atoms with van der Waals surface area (Å²) in [6.45, 7) is 10.4. The zero-order chi connectivity index (χ0) is 20.4. The van der Waals surface area contributed by atoms with Crippen molar-refractivity contribution in [1.29, 1.82) is 0 Å². The molecule has 2 rings (SSSR count). The molecule has 1 aliphatic rings. The first kappa shape index (κ1) is 24.9. The second-order valence-corrected chi connectivity index (χ2v) is 10.2. The number of nitrogens with zero attached hydrogens (tertiary/aromatic N) is 2. The second kappa shape index (κ2) is 9.56. The predicted molar refractivity (Wildman–Crippen MR) is 112 cm³/mol. The molecule has 2 atom stereocenters. The average Bonchev–Trinajstić information content (AvgIpc) is 2.93. The molecule has 10 heteroatoms. The third-order valence-corrected chi connectivity index (χ3v) is 7.28. The average molecular weight is 436 g/mol. The Morgan fingerprint density at radius 3 is 2.57 bits per heavy atom. The topological polar surface area (TPSA) is 121 Å². The summed E-state index contributed by atoms with van der Waals surface area (Å²) in [5.74, 6) is -0.0997. The zero-order valence-corrected chi connectivity index (χ0v) is 19.0. The molecule has 1 aromatic rings. The number of aryl methyl sites for hydroxylation is 2. The third-order valence-electron chi connectivity index (χ3n) is 5.15. The zero-order valence-electron chi connectivity index (χ0n) is 17.4. The largest absolute Gasteiger partial charge is 0.349 e. The molecule has 1 amide bonds. The van der Waals surface area contributed by atoms with Gasteiger partial charge in [-0.15, -0.1) is 12.4 Å². The Morgan fingerprint density at radius 2 is 2.07 bits per heavy atom. The van der Waals surface area contributed by atoms with Crippen molar-refractivity contribution in [2.24, 2.45) is 17.6 Å². The molecule has 1 aliphatic heterocycles. The molecule has 2 unspecified atom stereocenters. The summed E-state index contributed by atoms with van der Waals surface area (Å²) in [5, 5.41) is 9.79. The van der Waals surface area contributed by atoms with E-state index in [0.29, 0.717) is 43.2 Å². The lowest BCUT2D eigenvalue weighted by molar-refractivity contribution is -0.128. The first-order valence-corrected chi connectivity index (χ1v) is 11.0. The van der Waals surface area contributed by atoms with Crippen molar-refractivity contribution in [1.82, 2.24) is 19.8 Å². The Balaban J connectivity index is 0.00000392. The highest BCUT2D eigenvalue weighted by Gasteiger charge is 2.37. The van der Waals surface area contributed by atoms with Crippen LogP contribution in [0.2, 0.25) is 0 Å². The Morgan fingerprint density at radius 1 is 1.43 bits per heavy atom. The van der Waals surface area contributed by atoms with Crippen LogP contribution in [0.5, 0.6) is 0 Å². The van der Waals surface area contributed by atoms with E-state index in [2.05, 4.69) is 29.4 Å². The number of amides is 1. The number of nitrogens with two attached hydrogens (primary N) is 1. The number of H-pyrrole nitrogens is 1. The summed E-state index contributed by atoms with van der Waals surface area (Å²) in [7, 11) is -3.68. The molecule has 1 saturated heterocycles. The SMILES string of the molecule is Cc1n[nH]c(C)c1S(=O)(=O)N1CCCC(C(=O)NC(C)(CN)CC(C)C)C1.Cl. The molecule has 0 saturated carbocycles. The summed E-state index contributed by atoms with van der Waals surface area (Å²) in [6.07, 6.45) is 2.09. The number of aromatic amines is 1. The monoisotopic (exact) mass is 435 g/mol. The van der Waals surface area contributed by atoms with Gasteiger partial charge in [-0.2, -0.15) is 9.40 Å². The van der Waals surface area contributed by atoms with Crippen LogP contribution in [0.3, 0.4) is 0 Å². The van der Waals surface area contributed by atoms with E-state index < -0.39 is 15.6 Å². The Labute approximate surface area is 174 Å². The van der Waals surface area contributed by atoms with Crippen molar-refractivity contribution in [2.75, 3.05) is 19.6 Å². The summed E-state index contributed by atoms with van der Waals surface area (Å²) >= 11 is 0. The number of nitrogens with one attached hydrogen (secondary N) is 2. The smallest absolute Gasteiger partial charge is 0.246 e. The molecular weight excluding hydrogens is 402 g/mol. The van der Waals surface area contributed by atoms with Crippen LogP contribution in [0, 0.1) is 25.7 Å². The number of carbonyl (C=O) groups is 1. The lowest BCUT2D eigenvalue weighted by Gasteiger charge is -2.36.